The highest BCUT2D eigenvalue weighted by atomic mass is 32.2. The maximum Gasteiger partial charge on any atom is 0.343 e. The fourth-order valence-electron chi connectivity index (χ4n) is 2.74. The average Bonchev–Trinajstić information content (AvgIpc) is 3.01. The van der Waals surface area contributed by atoms with Gasteiger partial charge in [0.15, 0.2) is 0 Å². The number of nitro groups is 1. The van der Waals surface area contributed by atoms with E-state index in [4.69, 9.17) is 17.0 Å². The highest BCUT2D eigenvalue weighted by molar-refractivity contribution is 8.26. The van der Waals surface area contributed by atoms with Crippen LogP contribution >= 0.6 is 24.0 Å². The molecule has 0 aliphatic carbocycles. The SMILES string of the molecule is CCC(C)N1C(=O)/C(=C/c2ccc(OC(=O)c3cccc([N+](=O)[O-])c3)cc2)SC1=S. The molecule has 0 spiro atoms. The predicted molar refractivity (Wildman–Crippen MR) is 119 cm³/mol. The molecule has 0 aromatic heterocycles. The number of carbonyl (C=O) groups is 2. The van der Waals surface area contributed by atoms with E-state index in [0.29, 0.717) is 9.23 Å². The van der Waals surface area contributed by atoms with Crippen LogP contribution in [0.2, 0.25) is 0 Å². The summed E-state index contributed by atoms with van der Waals surface area (Å²) < 4.78 is 5.82. The monoisotopic (exact) mass is 442 g/mol. The summed E-state index contributed by atoms with van der Waals surface area (Å²) in [5.74, 6) is -0.516. The Morgan fingerprint density at radius 2 is 2.00 bits per heavy atom. The molecule has 1 saturated heterocycles. The van der Waals surface area contributed by atoms with Crippen molar-refractivity contribution in [2.24, 2.45) is 0 Å². The van der Waals surface area contributed by atoms with Gasteiger partial charge in [0, 0.05) is 18.2 Å². The standard InChI is InChI=1S/C21H18N2O5S2/c1-3-13(2)22-19(24)18(30-21(22)29)11-14-7-9-17(10-8-14)28-20(25)15-5-4-6-16(12-15)23(26)27/h4-13H,3H2,1-2H3/b18-11-. The van der Waals surface area contributed by atoms with Crippen molar-refractivity contribution in [1.29, 1.82) is 0 Å². The van der Waals surface area contributed by atoms with Gasteiger partial charge in [-0.25, -0.2) is 4.79 Å². The van der Waals surface area contributed by atoms with Crippen LogP contribution in [0.15, 0.2) is 53.4 Å². The fourth-order valence-corrected chi connectivity index (χ4v) is 4.20. The van der Waals surface area contributed by atoms with E-state index < -0.39 is 10.9 Å². The number of amides is 1. The minimum Gasteiger partial charge on any atom is -0.423 e. The van der Waals surface area contributed by atoms with Crippen molar-refractivity contribution in [2.75, 3.05) is 0 Å². The minimum absolute atomic E-state index is 0.0407. The number of esters is 1. The number of nitro benzene ring substituents is 1. The molecule has 1 unspecified atom stereocenters. The smallest absolute Gasteiger partial charge is 0.343 e. The number of non-ortho nitro benzene ring substituents is 1. The van der Waals surface area contributed by atoms with Gasteiger partial charge in [-0.2, -0.15) is 0 Å². The fraction of sp³-hybridized carbons (Fsp3) is 0.190. The Labute approximate surface area is 182 Å². The van der Waals surface area contributed by atoms with E-state index in [9.17, 15) is 19.7 Å². The van der Waals surface area contributed by atoms with Gasteiger partial charge in [0.25, 0.3) is 11.6 Å². The zero-order chi connectivity index (χ0) is 21.8. The molecule has 2 aromatic rings. The molecule has 0 radical (unpaired) electrons. The third-order valence-corrected chi connectivity index (χ3v) is 5.87. The van der Waals surface area contributed by atoms with Gasteiger partial charge in [-0.3, -0.25) is 19.8 Å². The molecular formula is C21H18N2O5S2. The topological polar surface area (TPSA) is 89.8 Å². The molecule has 0 bridgehead atoms. The second-order valence-electron chi connectivity index (χ2n) is 6.57. The van der Waals surface area contributed by atoms with Crippen LogP contribution in [0.1, 0.15) is 36.2 Å². The molecule has 154 valence electrons. The highest BCUT2D eigenvalue weighted by Crippen LogP contribution is 2.34. The van der Waals surface area contributed by atoms with Crippen molar-refractivity contribution in [2.45, 2.75) is 26.3 Å². The largest absolute Gasteiger partial charge is 0.423 e. The number of hydrogen-bond donors (Lipinski definition) is 0. The Hall–Kier alpha value is -3.04. The molecule has 1 atom stereocenters. The molecule has 1 amide bonds. The molecular weight excluding hydrogens is 424 g/mol. The molecule has 9 heteroatoms. The lowest BCUT2D eigenvalue weighted by Gasteiger charge is -2.21. The number of rotatable bonds is 6. The summed E-state index contributed by atoms with van der Waals surface area (Å²) in [5, 5.41) is 10.8. The van der Waals surface area contributed by atoms with Gasteiger partial charge in [0.2, 0.25) is 0 Å². The Bertz CT molecular complexity index is 1050. The van der Waals surface area contributed by atoms with Crippen molar-refractivity contribution < 1.29 is 19.2 Å². The highest BCUT2D eigenvalue weighted by Gasteiger charge is 2.34. The van der Waals surface area contributed by atoms with Gasteiger partial charge >= 0.3 is 5.97 Å². The first kappa shape index (κ1) is 21.7. The van der Waals surface area contributed by atoms with Gasteiger partial charge in [-0.15, -0.1) is 0 Å². The quantitative estimate of drug-likeness (QED) is 0.158. The average molecular weight is 443 g/mol. The zero-order valence-corrected chi connectivity index (χ0v) is 17.9. The van der Waals surface area contributed by atoms with E-state index in [1.165, 1.54) is 30.0 Å². The van der Waals surface area contributed by atoms with E-state index in [0.717, 1.165) is 18.1 Å². The van der Waals surface area contributed by atoms with Crippen LogP contribution < -0.4 is 4.74 Å². The van der Waals surface area contributed by atoms with E-state index in [1.54, 1.807) is 35.2 Å². The number of nitrogens with zero attached hydrogens (tertiary/aromatic N) is 2. The number of ether oxygens (including phenoxy) is 1. The maximum atomic E-state index is 12.6. The number of hydrogen-bond acceptors (Lipinski definition) is 7. The van der Waals surface area contributed by atoms with Gasteiger partial charge in [0.1, 0.15) is 10.1 Å². The van der Waals surface area contributed by atoms with Crippen molar-refractivity contribution in [3.63, 3.8) is 0 Å². The number of thiocarbonyl (C=S) groups is 1. The van der Waals surface area contributed by atoms with Crippen LogP contribution in [-0.4, -0.2) is 32.1 Å². The van der Waals surface area contributed by atoms with E-state index in [-0.39, 0.29) is 28.9 Å². The molecule has 1 fully saturated rings. The summed E-state index contributed by atoms with van der Waals surface area (Å²) in [6, 6.07) is 12.0. The van der Waals surface area contributed by atoms with Crippen molar-refractivity contribution >= 4 is 51.9 Å². The maximum absolute atomic E-state index is 12.6. The normalized spacial score (nSPS) is 16.1. The Morgan fingerprint density at radius 1 is 1.30 bits per heavy atom. The first-order valence-electron chi connectivity index (χ1n) is 9.14. The van der Waals surface area contributed by atoms with E-state index >= 15 is 0 Å². The second kappa shape index (κ2) is 9.19. The summed E-state index contributed by atoms with van der Waals surface area (Å²) in [5.41, 5.74) is 0.659. The molecule has 0 saturated carbocycles. The Morgan fingerprint density at radius 3 is 2.63 bits per heavy atom. The van der Waals surface area contributed by atoms with Crippen LogP contribution in [0.3, 0.4) is 0 Å². The predicted octanol–water partition coefficient (Wildman–Crippen LogP) is 4.81. The van der Waals surface area contributed by atoms with Crippen LogP contribution in [0.25, 0.3) is 6.08 Å². The van der Waals surface area contributed by atoms with Gasteiger partial charge in [-0.05, 0) is 43.2 Å². The van der Waals surface area contributed by atoms with Crippen molar-refractivity contribution in [3.05, 3.63) is 74.7 Å². The van der Waals surface area contributed by atoms with Gasteiger partial charge < -0.3 is 4.74 Å². The van der Waals surface area contributed by atoms with Gasteiger partial charge in [0.05, 0.1) is 15.4 Å². The van der Waals surface area contributed by atoms with Crippen LogP contribution in [0, 0.1) is 10.1 Å². The summed E-state index contributed by atoms with van der Waals surface area (Å²) in [6.07, 6.45) is 2.55. The third kappa shape index (κ3) is 4.74. The number of benzene rings is 2. The van der Waals surface area contributed by atoms with E-state index in [2.05, 4.69) is 0 Å². The number of carbonyl (C=O) groups excluding carboxylic acids is 2. The molecule has 2 aromatic carbocycles. The summed E-state index contributed by atoms with van der Waals surface area (Å²) in [7, 11) is 0. The minimum atomic E-state index is -0.694. The summed E-state index contributed by atoms with van der Waals surface area (Å²) in [6.45, 7) is 3.96. The summed E-state index contributed by atoms with van der Waals surface area (Å²) >= 11 is 6.59. The van der Waals surface area contributed by atoms with E-state index in [1.807, 2.05) is 13.8 Å². The zero-order valence-electron chi connectivity index (χ0n) is 16.2. The van der Waals surface area contributed by atoms with Crippen LogP contribution in [0.5, 0.6) is 5.75 Å². The lowest BCUT2D eigenvalue weighted by molar-refractivity contribution is -0.384. The second-order valence-corrected chi connectivity index (χ2v) is 8.25. The lowest BCUT2D eigenvalue weighted by atomic mass is 10.2. The van der Waals surface area contributed by atoms with Gasteiger partial charge in [-0.1, -0.05) is 49.1 Å². The van der Waals surface area contributed by atoms with Crippen molar-refractivity contribution in [1.82, 2.24) is 4.90 Å². The molecule has 1 heterocycles. The molecule has 30 heavy (non-hydrogen) atoms. The lowest BCUT2D eigenvalue weighted by Crippen LogP contribution is -2.36. The molecule has 1 aliphatic rings. The molecule has 7 nitrogen and oxygen atoms in total. The van der Waals surface area contributed by atoms with Crippen LogP contribution in [-0.2, 0) is 4.79 Å². The molecule has 3 rings (SSSR count). The first-order chi connectivity index (χ1) is 14.3. The Kier molecular flexibility index (Phi) is 6.63. The molecule has 1 aliphatic heterocycles. The van der Waals surface area contributed by atoms with Crippen molar-refractivity contribution in [3.8, 4) is 5.75 Å². The summed E-state index contributed by atoms with van der Waals surface area (Å²) in [4.78, 5) is 37.3. The first-order valence-corrected chi connectivity index (χ1v) is 10.4. The Balaban J connectivity index is 1.71. The molecule has 0 N–H and O–H groups in total. The third-order valence-electron chi connectivity index (χ3n) is 4.54. The van der Waals surface area contributed by atoms with Crippen LogP contribution in [0.4, 0.5) is 5.69 Å². The number of thioether (sulfide) groups is 1.